The first-order chi connectivity index (χ1) is 9.90. The Morgan fingerprint density at radius 2 is 1.86 bits per heavy atom. The summed E-state index contributed by atoms with van der Waals surface area (Å²) < 4.78 is 5.28. The maximum Gasteiger partial charge on any atom is 0.138 e. The lowest BCUT2D eigenvalue weighted by Crippen LogP contribution is -2.26. The summed E-state index contributed by atoms with van der Waals surface area (Å²) in [6.45, 7) is 12.1. The molecule has 2 N–H and O–H groups in total. The van der Waals surface area contributed by atoms with Crippen LogP contribution in [-0.4, -0.2) is 36.3 Å². The molecule has 120 valence electrons. The van der Waals surface area contributed by atoms with Crippen molar-refractivity contribution in [2.75, 3.05) is 30.9 Å². The fourth-order valence-corrected chi connectivity index (χ4v) is 2.08. The van der Waals surface area contributed by atoms with Gasteiger partial charge in [0.25, 0.3) is 0 Å². The number of nitrogens with one attached hydrogen (secondary N) is 2. The monoisotopic (exact) mass is 294 g/mol. The lowest BCUT2D eigenvalue weighted by atomic mass is 9.96. The molecular formula is C16H30N4O. The molecule has 0 spiro atoms. The first-order valence-corrected chi connectivity index (χ1v) is 7.79. The molecule has 0 saturated heterocycles. The van der Waals surface area contributed by atoms with Gasteiger partial charge in [0.05, 0.1) is 12.6 Å². The molecule has 0 fully saturated rings. The second-order valence-electron chi connectivity index (χ2n) is 6.33. The summed E-state index contributed by atoms with van der Waals surface area (Å²) in [6, 6.07) is 2.24. The summed E-state index contributed by atoms with van der Waals surface area (Å²) in [5, 5.41) is 6.75. The highest BCUT2D eigenvalue weighted by molar-refractivity contribution is 5.48. The maximum absolute atomic E-state index is 5.28. The number of hydrogen-bond acceptors (Lipinski definition) is 5. The lowest BCUT2D eigenvalue weighted by molar-refractivity contribution is 0.182. The summed E-state index contributed by atoms with van der Waals surface area (Å²) in [7, 11) is 1.73. The van der Waals surface area contributed by atoms with Crippen molar-refractivity contribution in [3.63, 3.8) is 0 Å². The van der Waals surface area contributed by atoms with Crippen molar-refractivity contribution in [1.29, 1.82) is 0 Å². The second kappa shape index (κ2) is 8.17. The predicted molar refractivity (Wildman–Crippen MR) is 89.1 cm³/mol. The van der Waals surface area contributed by atoms with E-state index in [0.29, 0.717) is 6.61 Å². The van der Waals surface area contributed by atoms with E-state index >= 15 is 0 Å². The van der Waals surface area contributed by atoms with E-state index in [2.05, 4.69) is 55.2 Å². The molecule has 1 unspecified atom stereocenters. The summed E-state index contributed by atoms with van der Waals surface area (Å²) in [5.74, 6) is 2.57. The molecule has 0 bridgehead atoms. The molecule has 1 heterocycles. The number of anilines is 2. The topological polar surface area (TPSA) is 59.1 Å². The van der Waals surface area contributed by atoms with Crippen molar-refractivity contribution in [2.24, 2.45) is 0 Å². The van der Waals surface area contributed by atoms with Gasteiger partial charge in [-0.2, -0.15) is 0 Å². The van der Waals surface area contributed by atoms with Crippen molar-refractivity contribution >= 4 is 11.6 Å². The van der Waals surface area contributed by atoms with Crippen LogP contribution < -0.4 is 10.6 Å². The number of aromatic nitrogens is 2. The Morgan fingerprint density at radius 1 is 1.19 bits per heavy atom. The van der Waals surface area contributed by atoms with E-state index < -0.39 is 0 Å². The lowest BCUT2D eigenvalue weighted by Gasteiger charge is -2.22. The van der Waals surface area contributed by atoms with E-state index in [9.17, 15) is 0 Å². The minimum Gasteiger partial charge on any atom is -0.383 e. The number of hydrogen-bond donors (Lipinski definition) is 2. The average molecular weight is 294 g/mol. The summed E-state index contributed by atoms with van der Waals surface area (Å²) >= 11 is 0. The Kier molecular flexibility index (Phi) is 6.89. The molecule has 0 radical (unpaired) electrons. The van der Waals surface area contributed by atoms with Crippen molar-refractivity contribution in [2.45, 2.75) is 58.9 Å². The molecule has 1 atom stereocenters. The van der Waals surface area contributed by atoms with Crippen LogP contribution in [0.4, 0.5) is 11.6 Å². The molecule has 21 heavy (non-hydrogen) atoms. The van der Waals surface area contributed by atoms with Gasteiger partial charge >= 0.3 is 0 Å². The van der Waals surface area contributed by atoms with Gasteiger partial charge in [-0.05, 0) is 13.3 Å². The number of rotatable bonds is 8. The van der Waals surface area contributed by atoms with Gasteiger partial charge in [0.2, 0.25) is 0 Å². The fourth-order valence-electron chi connectivity index (χ4n) is 2.08. The van der Waals surface area contributed by atoms with Gasteiger partial charge in [0, 0.05) is 25.1 Å². The molecule has 0 aliphatic carbocycles. The molecule has 0 saturated carbocycles. The molecule has 0 amide bonds. The molecule has 0 aromatic carbocycles. The van der Waals surface area contributed by atoms with Crippen LogP contribution in [0.5, 0.6) is 0 Å². The van der Waals surface area contributed by atoms with Gasteiger partial charge in [-0.1, -0.05) is 34.1 Å². The van der Waals surface area contributed by atoms with Gasteiger partial charge in [0.15, 0.2) is 0 Å². The Bertz CT molecular complexity index is 423. The highest BCUT2D eigenvalue weighted by Gasteiger charge is 2.20. The first-order valence-electron chi connectivity index (χ1n) is 7.79. The van der Waals surface area contributed by atoms with E-state index in [0.717, 1.165) is 36.8 Å². The maximum atomic E-state index is 5.28. The predicted octanol–water partition coefficient (Wildman–Crippen LogP) is 3.43. The normalized spacial score (nSPS) is 13.0. The third-order valence-corrected chi connectivity index (χ3v) is 3.11. The molecule has 0 aliphatic rings. The molecule has 1 aromatic heterocycles. The largest absolute Gasteiger partial charge is 0.383 e. The van der Waals surface area contributed by atoms with Crippen LogP contribution in [0.25, 0.3) is 0 Å². The van der Waals surface area contributed by atoms with Crippen molar-refractivity contribution < 1.29 is 4.74 Å². The van der Waals surface area contributed by atoms with E-state index in [-0.39, 0.29) is 11.5 Å². The molecule has 0 aliphatic heterocycles. The molecule has 5 nitrogen and oxygen atoms in total. The minimum absolute atomic E-state index is 0.0800. The summed E-state index contributed by atoms with van der Waals surface area (Å²) in [4.78, 5) is 9.27. The van der Waals surface area contributed by atoms with E-state index in [1.54, 1.807) is 7.11 Å². The number of nitrogens with zero attached hydrogens (tertiary/aromatic N) is 2. The van der Waals surface area contributed by atoms with Crippen LogP contribution in [0.1, 0.15) is 53.3 Å². The third kappa shape index (κ3) is 5.87. The van der Waals surface area contributed by atoms with Crippen molar-refractivity contribution in [1.82, 2.24) is 9.97 Å². The van der Waals surface area contributed by atoms with E-state index in [1.165, 1.54) is 0 Å². The molecule has 1 aromatic rings. The summed E-state index contributed by atoms with van der Waals surface area (Å²) in [6.07, 6.45) is 2.16. The van der Waals surface area contributed by atoms with E-state index in [1.807, 2.05) is 6.07 Å². The smallest absolute Gasteiger partial charge is 0.138 e. The Hall–Kier alpha value is -1.36. The quantitative estimate of drug-likeness (QED) is 0.769. The molecule has 5 heteroatoms. The highest BCUT2D eigenvalue weighted by Crippen LogP contribution is 2.23. The minimum atomic E-state index is -0.0800. The Labute approximate surface area is 128 Å². The van der Waals surface area contributed by atoms with Gasteiger partial charge in [-0.3, -0.25) is 0 Å². The number of methoxy groups -OCH3 is 1. The average Bonchev–Trinajstić information content (AvgIpc) is 2.38. The van der Waals surface area contributed by atoms with Gasteiger partial charge < -0.3 is 15.4 Å². The van der Waals surface area contributed by atoms with Gasteiger partial charge in [-0.15, -0.1) is 0 Å². The van der Waals surface area contributed by atoms with Crippen LogP contribution in [0.15, 0.2) is 6.07 Å². The van der Waals surface area contributed by atoms with Crippen LogP contribution in [0, 0.1) is 0 Å². The van der Waals surface area contributed by atoms with Crippen molar-refractivity contribution in [3.05, 3.63) is 11.9 Å². The Balaban J connectivity index is 3.01. The third-order valence-electron chi connectivity index (χ3n) is 3.11. The zero-order valence-corrected chi connectivity index (χ0v) is 14.3. The van der Waals surface area contributed by atoms with Gasteiger partial charge in [0.1, 0.15) is 17.5 Å². The van der Waals surface area contributed by atoms with Crippen LogP contribution in [0.3, 0.4) is 0 Å². The fraction of sp³-hybridized carbons (Fsp3) is 0.750. The second-order valence-corrected chi connectivity index (χ2v) is 6.33. The zero-order chi connectivity index (χ0) is 15.9. The van der Waals surface area contributed by atoms with Crippen molar-refractivity contribution in [3.8, 4) is 0 Å². The molecular weight excluding hydrogens is 264 g/mol. The first kappa shape index (κ1) is 17.7. The van der Waals surface area contributed by atoms with Gasteiger partial charge in [-0.25, -0.2) is 9.97 Å². The number of ether oxygens (including phenoxy) is 1. The van der Waals surface area contributed by atoms with Crippen LogP contribution in [0.2, 0.25) is 0 Å². The Morgan fingerprint density at radius 3 is 2.38 bits per heavy atom. The molecule has 1 rings (SSSR count). The standard InChI is InChI=1S/C16H30N4O/c1-7-9-12(11-21-6)18-14-10-13(17-8-2)19-15(20-14)16(3,4)5/h10,12H,7-9,11H2,1-6H3,(H2,17,18,19,20). The van der Waals surface area contributed by atoms with Crippen LogP contribution >= 0.6 is 0 Å². The van der Waals surface area contributed by atoms with E-state index in [4.69, 9.17) is 4.74 Å². The van der Waals surface area contributed by atoms with Crippen LogP contribution in [-0.2, 0) is 10.2 Å². The highest BCUT2D eigenvalue weighted by atomic mass is 16.5. The SMILES string of the molecule is CCCC(COC)Nc1cc(NCC)nc(C(C)(C)C)n1. The zero-order valence-electron chi connectivity index (χ0n) is 14.3. The summed E-state index contributed by atoms with van der Waals surface area (Å²) in [5.41, 5.74) is -0.0800.